The fourth-order valence-electron chi connectivity index (χ4n) is 1.83. The largest absolute Gasteiger partial charge is 0.306 e. The number of allylic oxidation sites excluding steroid dienone is 1. The van der Waals surface area contributed by atoms with Crippen molar-refractivity contribution in [1.29, 1.82) is 0 Å². The van der Waals surface area contributed by atoms with Gasteiger partial charge in [-0.05, 0) is 31.9 Å². The van der Waals surface area contributed by atoms with Crippen LogP contribution in [0.25, 0.3) is 0 Å². The number of rotatable bonds is 7. The van der Waals surface area contributed by atoms with E-state index in [1.54, 1.807) is 0 Å². The zero-order chi connectivity index (χ0) is 11.8. The minimum atomic E-state index is -0.00565. The zero-order valence-electron chi connectivity index (χ0n) is 11.5. The van der Waals surface area contributed by atoms with Gasteiger partial charge in [-0.3, -0.25) is 0 Å². The smallest absolute Gasteiger partial charge is 0.0611 e. The lowest BCUT2D eigenvalue weighted by Crippen LogP contribution is -2.34. The van der Waals surface area contributed by atoms with Crippen molar-refractivity contribution in [2.45, 2.75) is 41.5 Å². The third kappa shape index (κ3) is 10.2. The van der Waals surface area contributed by atoms with Gasteiger partial charge >= 0.3 is 0 Å². The van der Waals surface area contributed by atoms with E-state index in [4.69, 9.17) is 0 Å². The van der Waals surface area contributed by atoms with Gasteiger partial charge in [0.2, 0.25) is 0 Å². The molecule has 0 aromatic carbocycles. The van der Waals surface area contributed by atoms with E-state index in [0.29, 0.717) is 0 Å². The van der Waals surface area contributed by atoms with Gasteiger partial charge in [-0.1, -0.05) is 33.3 Å². The van der Waals surface area contributed by atoms with E-state index in [2.05, 4.69) is 52.1 Å². The molecule has 0 aliphatic heterocycles. The van der Waals surface area contributed by atoms with Gasteiger partial charge in [0.05, 0.1) is 9.52 Å². The second-order valence-corrected chi connectivity index (χ2v) is 7.05. The lowest BCUT2D eigenvalue weighted by Gasteiger charge is -2.25. The maximum Gasteiger partial charge on any atom is 0.0611 e. The monoisotopic (exact) mass is 227 g/mol. The molecule has 0 heterocycles. The molecule has 0 N–H and O–H groups in total. The van der Waals surface area contributed by atoms with Crippen LogP contribution in [0.15, 0.2) is 11.3 Å². The summed E-state index contributed by atoms with van der Waals surface area (Å²) in [4.78, 5) is 2.65. The summed E-state index contributed by atoms with van der Waals surface area (Å²) in [5, 5.41) is 0. The number of nitrogens with zero attached hydrogens (tertiary/aromatic N) is 1. The molecule has 0 spiro atoms. The van der Waals surface area contributed by atoms with E-state index in [1.165, 1.54) is 24.8 Å². The van der Waals surface area contributed by atoms with Gasteiger partial charge in [-0.2, -0.15) is 0 Å². The molecule has 0 aliphatic carbocycles. The van der Waals surface area contributed by atoms with E-state index >= 15 is 0 Å². The summed E-state index contributed by atoms with van der Waals surface area (Å²) in [5.74, 6) is 1.59. The van der Waals surface area contributed by atoms with Crippen LogP contribution in [-0.4, -0.2) is 33.7 Å². The molecule has 15 heavy (non-hydrogen) atoms. The van der Waals surface area contributed by atoms with Crippen molar-refractivity contribution in [2.24, 2.45) is 11.8 Å². The highest BCUT2D eigenvalue weighted by molar-refractivity contribution is 6.42. The van der Waals surface area contributed by atoms with Gasteiger partial charge in [-0.25, -0.2) is 0 Å². The van der Waals surface area contributed by atoms with Gasteiger partial charge in [-0.15, -0.1) is 5.70 Å². The molecular formula is C13H29NSi. The van der Waals surface area contributed by atoms with E-state index < -0.39 is 0 Å². The Balaban J connectivity index is 3.95. The molecule has 0 aliphatic rings. The Hall–Kier alpha value is -0.0831. The maximum atomic E-state index is 2.65. The van der Waals surface area contributed by atoms with Gasteiger partial charge in [0.1, 0.15) is 0 Å². The van der Waals surface area contributed by atoms with Crippen LogP contribution in [0, 0.1) is 11.8 Å². The maximum absolute atomic E-state index is 2.65. The third-order valence-electron chi connectivity index (χ3n) is 2.24. The SMILES string of the molecule is CC(C)=C[SiH2]CN(CC(C)C)CC(C)C. The first-order valence-electron chi connectivity index (χ1n) is 6.27. The van der Waals surface area contributed by atoms with E-state index in [9.17, 15) is 0 Å². The Morgan fingerprint density at radius 1 is 1.07 bits per heavy atom. The molecule has 0 aromatic heterocycles. The predicted octanol–water partition coefficient (Wildman–Crippen LogP) is 2.65. The molecule has 1 nitrogen and oxygen atoms in total. The Labute approximate surface area is 98.8 Å². The van der Waals surface area contributed by atoms with Crippen molar-refractivity contribution in [3.63, 3.8) is 0 Å². The standard InChI is InChI=1S/C13H29NSi/c1-11(2)7-14(8-12(3)4)10-15-9-13(5)6/h9,11-12H,7-8,10,15H2,1-6H3. The molecule has 0 atom stereocenters. The highest BCUT2D eigenvalue weighted by Crippen LogP contribution is 2.03. The molecule has 0 bridgehead atoms. The Kier molecular flexibility index (Phi) is 8.07. The summed E-state index contributed by atoms with van der Waals surface area (Å²) < 4.78 is 0. The normalized spacial score (nSPS) is 12.3. The van der Waals surface area contributed by atoms with Gasteiger partial charge < -0.3 is 4.90 Å². The van der Waals surface area contributed by atoms with E-state index in [0.717, 1.165) is 11.8 Å². The lowest BCUT2D eigenvalue weighted by molar-refractivity contribution is 0.251. The molecule has 0 radical (unpaired) electrons. The molecule has 90 valence electrons. The molecule has 0 saturated carbocycles. The second-order valence-electron chi connectivity index (χ2n) is 5.62. The van der Waals surface area contributed by atoms with Crippen LogP contribution in [0.2, 0.25) is 0 Å². The molecule has 0 saturated heterocycles. The van der Waals surface area contributed by atoms with Gasteiger partial charge in [0, 0.05) is 13.1 Å². The summed E-state index contributed by atoms with van der Waals surface area (Å²) in [6.07, 6.45) is 1.35. The molecular weight excluding hydrogens is 198 g/mol. The fourth-order valence-corrected chi connectivity index (χ4v) is 3.26. The Morgan fingerprint density at radius 3 is 1.87 bits per heavy atom. The first kappa shape index (κ1) is 14.9. The average Bonchev–Trinajstić information content (AvgIpc) is 2.00. The number of hydrogen-bond acceptors (Lipinski definition) is 1. The van der Waals surface area contributed by atoms with Crippen LogP contribution < -0.4 is 0 Å². The van der Waals surface area contributed by atoms with Crippen molar-refractivity contribution in [2.75, 3.05) is 19.3 Å². The summed E-state index contributed by atoms with van der Waals surface area (Å²) >= 11 is 0. The van der Waals surface area contributed by atoms with Gasteiger partial charge in [0.15, 0.2) is 0 Å². The highest BCUT2D eigenvalue weighted by atomic mass is 28.2. The van der Waals surface area contributed by atoms with Crippen LogP contribution in [0.1, 0.15) is 41.5 Å². The van der Waals surface area contributed by atoms with Crippen LogP contribution in [-0.2, 0) is 0 Å². The van der Waals surface area contributed by atoms with Crippen molar-refractivity contribution < 1.29 is 0 Å². The lowest BCUT2D eigenvalue weighted by atomic mass is 10.1. The van der Waals surface area contributed by atoms with E-state index in [1.807, 2.05) is 0 Å². The first-order valence-corrected chi connectivity index (χ1v) is 8.09. The van der Waals surface area contributed by atoms with Gasteiger partial charge in [0.25, 0.3) is 0 Å². The minimum Gasteiger partial charge on any atom is -0.306 e. The van der Waals surface area contributed by atoms with Crippen LogP contribution >= 0.6 is 0 Å². The van der Waals surface area contributed by atoms with E-state index in [-0.39, 0.29) is 9.52 Å². The fraction of sp³-hybridized carbons (Fsp3) is 0.846. The Morgan fingerprint density at radius 2 is 1.53 bits per heavy atom. The molecule has 0 rings (SSSR count). The average molecular weight is 227 g/mol. The van der Waals surface area contributed by atoms with Crippen molar-refractivity contribution in [1.82, 2.24) is 4.90 Å². The first-order chi connectivity index (χ1) is 6.91. The minimum absolute atomic E-state index is 0.00565. The molecule has 2 heteroatoms. The molecule has 0 fully saturated rings. The second kappa shape index (κ2) is 8.11. The van der Waals surface area contributed by atoms with Crippen LogP contribution in [0.3, 0.4) is 0 Å². The zero-order valence-corrected chi connectivity index (χ0v) is 12.9. The summed E-state index contributed by atoms with van der Waals surface area (Å²) in [6.45, 7) is 16.2. The topological polar surface area (TPSA) is 3.24 Å². The van der Waals surface area contributed by atoms with Crippen LogP contribution in [0.4, 0.5) is 0 Å². The van der Waals surface area contributed by atoms with Crippen molar-refractivity contribution in [3.05, 3.63) is 11.3 Å². The summed E-state index contributed by atoms with van der Waals surface area (Å²) in [5.41, 5.74) is 3.98. The van der Waals surface area contributed by atoms with Crippen molar-refractivity contribution >= 4 is 9.52 Å². The third-order valence-corrected chi connectivity index (χ3v) is 4.24. The molecule has 0 aromatic rings. The number of hydrogen-bond donors (Lipinski definition) is 0. The van der Waals surface area contributed by atoms with Crippen molar-refractivity contribution in [3.8, 4) is 0 Å². The molecule has 0 amide bonds. The molecule has 0 unspecified atom stereocenters. The predicted molar refractivity (Wildman–Crippen MR) is 74.1 cm³/mol. The Bertz CT molecular complexity index is 171. The highest BCUT2D eigenvalue weighted by Gasteiger charge is 2.08. The summed E-state index contributed by atoms with van der Waals surface area (Å²) in [6, 6.07) is 0. The quantitative estimate of drug-likeness (QED) is 0.605. The van der Waals surface area contributed by atoms with Crippen LogP contribution in [0.5, 0.6) is 0 Å². The summed E-state index contributed by atoms with van der Waals surface area (Å²) in [7, 11) is -0.00565.